The van der Waals surface area contributed by atoms with E-state index < -0.39 is 0 Å². The fourth-order valence-electron chi connectivity index (χ4n) is 1.53. The Labute approximate surface area is 109 Å². The van der Waals surface area contributed by atoms with Crippen molar-refractivity contribution in [2.24, 2.45) is 0 Å². The molecule has 0 aliphatic carbocycles. The smallest absolute Gasteiger partial charge is 0.251 e. The first-order valence-corrected chi connectivity index (χ1v) is 6.38. The summed E-state index contributed by atoms with van der Waals surface area (Å²) in [5.74, 6) is 0.660. The summed E-state index contributed by atoms with van der Waals surface area (Å²) < 4.78 is 5.36. The molecule has 0 unspecified atom stereocenters. The molecular formula is C14H22N2O2. The van der Waals surface area contributed by atoms with E-state index in [1.165, 1.54) is 0 Å². The van der Waals surface area contributed by atoms with Gasteiger partial charge in [0.2, 0.25) is 0 Å². The molecule has 4 heteroatoms. The largest absolute Gasteiger partial charge is 0.494 e. The van der Waals surface area contributed by atoms with Gasteiger partial charge in [0, 0.05) is 24.7 Å². The lowest BCUT2D eigenvalue weighted by Crippen LogP contribution is -2.34. The monoisotopic (exact) mass is 250 g/mol. The summed E-state index contributed by atoms with van der Waals surface area (Å²) in [6.45, 7) is 8.07. The molecule has 0 atom stereocenters. The molecule has 0 aliphatic rings. The van der Waals surface area contributed by atoms with Crippen molar-refractivity contribution < 1.29 is 9.53 Å². The van der Waals surface area contributed by atoms with Gasteiger partial charge in [-0.3, -0.25) is 4.79 Å². The summed E-state index contributed by atoms with van der Waals surface area (Å²) in [6.07, 6.45) is 0. The van der Waals surface area contributed by atoms with E-state index in [2.05, 4.69) is 24.5 Å². The maximum absolute atomic E-state index is 11.9. The minimum atomic E-state index is -0.0675. The van der Waals surface area contributed by atoms with Crippen LogP contribution >= 0.6 is 0 Å². The Kier molecular flexibility index (Phi) is 6.22. The maximum atomic E-state index is 11.9. The summed E-state index contributed by atoms with van der Waals surface area (Å²) in [5.41, 5.74) is 0.630. The van der Waals surface area contributed by atoms with Gasteiger partial charge in [-0.25, -0.2) is 0 Å². The topological polar surface area (TPSA) is 50.4 Å². The van der Waals surface area contributed by atoms with E-state index in [9.17, 15) is 4.79 Å². The van der Waals surface area contributed by atoms with Gasteiger partial charge in [0.15, 0.2) is 0 Å². The van der Waals surface area contributed by atoms with E-state index in [-0.39, 0.29) is 5.91 Å². The highest BCUT2D eigenvalue weighted by Gasteiger charge is 2.05. The van der Waals surface area contributed by atoms with Crippen molar-refractivity contribution in [1.82, 2.24) is 10.6 Å². The number of amides is 1. The minimum absolute atomic E-state index is 0.0675. The molecule has 0 saturated heterocycles. The third kappa shape index (κ3) is 5.19. The third-order valence-electron chi connectivity index (χ3n) is 2.37. The predicted molar refractivity (Wildman–Crippen MR) is 73.1 cm³/mol. The molecule has 1 aromatic carbocycles. The number of rotatable bonds is 7. The molecular weight excluding hydrogens is 228 g/mol. The SMILES string of the molecule is CCOc1cccc(C(=O)NCCNC(C)C)c1. The van der Waals surface area contributed by atoms with E-state index in [4.69, 9.17) is 4.74 Å². The summed E-state index contributed by atoms with van der Waals surface area (Å²) in [5, 5.41) is 6.11. The van der Waals surface area contributed by atoms with Crippen molar-refractivity contribution >= 4 is 5.91 Å². The molecule has 0 heterocycles. The molecule has 0 bridgehead atoms. The highest BCUT2D eigenvalue weighted by molar-refractivity contribution is 5.94. The van der Waals surface area contributed by atoms with Gasteiger partial charge in [0.1, 0.15) is 5.75 Å². The van der Waals surface area contributed by atoms with Crippen LogP contribution in [0.4, 0.5) is 0 Å². The molecule has 1 rings (SSSR count). The Balaban J connectivity index is 2.43. The lowest BCUT2D eigenvalue weighted by molar-refractivity contribution is 0.0953. The highest BCUT2D eigenvalue weighted by Crippen LogP contribution is 2.12. The van der Waals surface area contributed by atoms with Crippen LogP contribution in [0.25, 0.3) is 0 Å². The number of hydrogen-bond acceptors (Lipinski definition) is 3. The molecule has 0 aliphatic heterocycles. The lowest BCUT2D eigenvalue weighted by atomic mass is 10.2. The van der Waals surface area contributed by atoms with Gasteiger partial charge in [0.05, 0.1) is 6.61 Å². The van der Waals surface area contributed by atoms with Crippen LogP contribution in [0.15, 0.2) is 24.3 Å². The van der Waals surface area contributed by atoms with Gasteiger partial charge in [0.25, 0.3) is 5.91 Å². The average molecular weight is 250 g/mol. The van der Waals surface area contributed by atoms with E-state index >= 15 is 0 Å². The first kappa shape index (κ1) is 14.5. The predicted octanol–water partition coefficient (Wildman–Crippen LogP) is 1.81. The van der Waals surface area contributed by atoms with Crippen molar-refractivity contribution in [3.8, 4) is 5.75 Å². The maximum Gasteiger partial charge on any atom is 0.251 e. The fraction of sp³-hybridized carbons (Fsp3) is 0.500. The molecule has 18 heavy (non-hydrogen) atoms. The zero-order valence-corrected chi connectivity index (χ0v) is 11.3. The summed E-state index contributed by atoms with van der Waals surface area (Å²) in [6, 6.07) is 7.65. The molecule has 100 valence electrons. The molecule has 0 radical (unpaired) electrons. The van der Waals surface area contributed by atoms with E-state index in [1.807, 2.05) is 19.1 Å². The van der Waals surface area contributed by atoms with Crippen LogP contribution in [0.2, 0.25) is 0 Å². The quantitative estimate of drug-likeness (QED) is 0.726. The van der Waals surface area contributed by atoms with Crippen LogP contribution in [0, 0.1) is 0 Å². The van der Waals surface area contributed by atoms with Crippen LogP contribution in [0.5, 0.6) is 5.75 Å². The zero-order valence-electron chi connectivity index (χ0n) is 11.3. The zero-order chi connectivity index (χ0) is 13.4. The van der Waals surface area contributed by atoms with Gasteiger partial charge in [-0.05, 0) is 25.1 Å². The first-order chi connectivity index (χ1) is 8.63. The molecule has 1 aromatic rings. The summed E-state index contributed by atoms with van der Waals surface area (Å²) >= 11 is 0. The normalized spacial score (nSPS) is 10.4. The number of carbonyl (C=O) groups is 1. The number of nitrogens with one attached hydrogen (secondary N) is 2. The average Bonchev–Trinajstić information content (AvgIpc) is 2.35. The van der Waals surface area contributed by atoms with Gasteiger partial charge in [-0.15, -0.1) is 0 Å². The molecule has 2 N–H and O–H groups in total. The second-order valence-electron chi connectivity index (χ2n) is 4.33. The third-order valence-corrected chi connectivity index (χ3v) is 2.37. The molecule has 0 spiro atoms. The van der Waals surface area contributed by atoms with Gasteiger partial charge >= 0.3 is 0 Å². The number of hydrogen-bond donors (Lipinski definition) is 2. The molecule has 4 nitrogen and oxygen atoms in total. The standard InChI is InChI=1S/C14H22N2O2/c1-4-18-13-7-5-6-12(10-13)14(17)16-9-8-15-11(2)3/h5-7,10-11,15H,4,8-9H2,1-3H3,(H,16,17). The molecule has 1 amide bonds. The fourth-order valence-corrected chi connectivity index (χ4v) is 1.53. The lowest BCUT2D eigenvalue weighted by Gasteiger charge is -2.10. The van der Waals surface area contributed by atoms with Crippen molar-refractivity contribution in [3.63, 3.8) is 0 Å². The second kappa shape index (κ2) is 7.71. The summed E-state index contributed by atoms with van der Waals surface area (Å²) in [7, 11) is 0. The van der Waals surface area contributed by atoms with Crippen LogP contribution < -0.4 is 15.4 Å². The molecule has 0 fully saturated rings. The first-order valence-electron chi connectivity index (χ1n) is 6.38. The Morgan fingerprint density at radius 3 is 2.78 bits per heavy atom. The van der Waals surface area contributed by atoms with Crippen LogP contribution in [-0.4, -0.2) is 31.6 Å². The van der Waals surface area contributed by atoms with E-state index in [0.717, 1.165) is 12.3 Å². The van der Waals surface area contributed by atoms with Crippen LogP contribution in [0.3, 0.4) is 0 Å². The van der Waals surface area contributed by atoms with Crippen molar-refractivity contribution in [2.45, 2.75) is 26.8 Å². The Hall–Kier alpha value is -1.55. The van der Waals surface area contributed by atoms with Gasteiger partial charge < -0.3 is 15.4 Å². The number of carbonyl (C=O) groups excluding carboxylic acids is 1. The second-order valence-corrected chi connectivity index (χ2v) is 4.33. The molecule has 0 aromatic heterocycles. The highest BCUT2D eigenvalue weighted by atomic mass is 16.5. The Bertz CT molecular complexity index is 378. The number of benzene rings is 1. The van der Waals surface area contributed by atoms with Gasteiger partial charge in [-0.1, -0.05) is 19.9 Å². The summed E-state index contributed by atoms with van der Waals surface area (Å²) in [4.78, 5) is 11.9. The Morgan fingerprint density at radius 1 is 1.33 bits per heavy atom. The number of ether oxygens (including phenoxy) is 1. The van der Waals surface area contributed by atoms with Crippen molar-refractivity contribution in [2.75, 3.05) is 19.7 Å². The van der Waals surface area contributed by atoms with E-state index in [0.29, 0.717) is 24.8 Å². The minimum Gasteiger partial charge on any atom is -0.494 e. The molecule has 0 saturated carbocycles. The van der Waals surface area contributed by atoms with E-state index in [1.54, 1.807) is 12.1 Å². The Morgan fingerprint density at radius 2 is 2.11 bits per heavy atom. The van der Waals surface area contributed by atoms with Crippen LogP contribution in [-0.2, 0) is 0 Å². The van der Waals surface area contributed by atoms with Gasteiger partial charge in [-0.2, -0.15) is 0 Å². The van der Waals surface area contributed by atoms with Crippen molar-refractivity contribution in [3.05, 3.63) is 29.8 Å². The van der Waals surface area contributed by atoms with Crippen molar-refractivity contribution in [1.29, 1.82) is 0 Å². The van der Waals surface area contributed by atoms with Crippen LogP contribution in [0.1, 0.15) is 31.1 Å².